The molecule has 112 valence electrons. The van der Waals surface area contributed by atoms with Gasteiger partial charge in [-0.25, -0.2) is 12.8 Å². The van der Waals surface area contributed by atoms with Crippen LogP contribution in [0.3, 0.4) is 0 Å². The van der Waals surface area contributed by atoms with Crippen LogP contribution < -0.4 is 0 Å². The van der Waals surface area contributed by atoms with E-state index in [9.17, 15) is 22.9 Å². The normalized spacial score (nSPS) is 11.6. The van der Waals surface area contributed by atoms with Crippen LogP contribution in [0.25, 0.3) is 0 Å². The van der Waals surface area contributed by atoms with Crippen LogP contribution in [-0.2, 0) is 15.6 Å². The molecule has 0 unspecified atom stereocenters. The summed E-state index contributed by atoms with van der Waals surface area (Å²) in [6.45, 7) is -0.236. The number of halogens is 3. The highest BCUT2D eigenvalue weighted by Gasteiger charge is 2.30. The molecule has 0 spiro atoms. The summed E-state index contributed by atoms with van der Waals surface area (Å²) in [7, 11) is 0.759. The van der Waals surface area contributed by atoms with Gasteiger partial charge in [-0.1, -0.05) is 23.7 Å². The molecule has 7 nitrogen and oxygen atoms in total. The van der Waals surface area contributed by atoms with E-state index >= 15 is 0 Å². The van der Waals surface area contributed by atoms with Gasteiger partial charge in [0.1, 0.15) is 5.82 Å². The van der Waals surface area contributed by atoms with Crippen molar-refractivity contribution in [2.45, 2.75) is 11.4 Å². The Hall–Kier alpha value is -1.71. The highest BCUT2D eigenvalue weighted by molar-refractivity contribution is 8.13. The molecule has 0 saturated carbocycles. The van der Waals surface area contributed by atoms with Crippen molar-refractivity contribution >= 4 is 37.2 Å². The van der Waals surface area contributed by atoms with Crippen LogP contribution in [0.15, 0.2) is 29.3 Å². The smallest absolute Gasteiger partial charge is 0.358 e. The Morgan fingerprint density at radius 3 is 2.62 bits per heavy atom. The van der Waals surface area contributed by atoms with Gasteiger partial charge in [0.05, 0.1) is 22.9 Å². The van der Waals surface area contributed by atoms with Crippen LogP contribution in [0.1, 0.15) is 5.56 Å². The first kappa shape index (κ1) is 15.7. The molecule has 0 amide bonds. The zero-order valence-corrected chi connectivity index (χ0v) is 12.4. The third-order valence-corrected chi connectivity index (χ3v) is 4.11. The van der Waals surface area contributed by atoms with E-state index < -0.39 is 30.5 Å². The average Bonchev–Trinajstić information content (AvgIpc) is 2.79. The van der Waals surface area contributed by atoms with Crippen molar-refractivity contribution in [2.75, 3.05) is 0 Å². The predicted octanol–water partition coefficient (Wildman–Crippen LogP) is 2.56. The van der Waals surface area contributed by atoms with E-state index in [4.69, 9.17) is 22.3 Å². The molecule has 2 aromatic rings. The number of nitrogens with zero attached hydrogens (tertiary/aromatic N) is 3. The quantitative estimate of drug-likeness (QED) is 0.478. The fraction of sp³-hybridized carbons (Fsp3) is 0.100. The molecule has 11 heteroatoms. The lowest BCUT2D eigenvalue weighted by molar-refractivity contribution is -0.392. The van der Waals surface area contributed by atoms with Crippen LogP contribution >= 0.6 is 22.3 Å². The number of nitro groups is 1. The number of aromatic nitrogens is 2. The molecular formula is C10H6Cl2FN3O4S. The fourth-order valence-corrected chi connectivity index (χ4v) is 2.72. The Labute approximate surface area is 127 Å². The number of hydrogen-bond acceptors (Lipinski definition) is 5. The lowest BCUT2D eigenvalue weighted by Gasteiger charge is -2.01. The van der Waals surface area contributed by atoms with E-state index in [1.165, 1.54) is 18.2 Å². The molecule has 0 aliphatic carbocycles. The van der Waals surface area contributed by atoms with E-state index in [1.54, 1.807) is 0 Å². The van der Waals surface area contributed by atoms with Gasteiger partial charge in [-0.3, -0.25) is 0 Å². The second-order valence-electron chi connectivity index (χ2n) is 3.92. The molecule has 0 aliphatic heterocycles. The van der Waals surface area contributed by atoms with Crippen molar-refractivity contribution in [1.82, 2.24) is 9.78 Å². The maximum Gasteiger partial charge on any atom is 0.410 e. The fourth-order valence-electron chi connectivity index (χ4n) is 1.62. The molecule has 0 N–H and O–H groups in total. The number of hydrogen-bond donors (Lipinski definition) is 0. The number of rotatable bonds is 4. The lowest BCUT2D eigenvalue weighted by Crippen LogP contribution is -2.03. The SMILES string of the molecule is O=[N+]([O-])c1nn(Cc2cccc(Cl)c2F)cc1S(=O)(=O)Cl. The average molecular weight is 354 g/mol. The Morgan fingerprint density at radius 2 is 2.10 bits per heavy atom. The zero-order chi connectivity index (χ0) is 15.8. The highest BCUT2D eigenvalue weighted by atomic mass is 35.7. The van der Waals surface area contributed by atoms with E-state index in [2.05, 4.69) is 5.10 Å². The monoisotopic (exact) mass is 353 g/mol. The van der Waals surface area contributed by atoms with Crippen LogP contribution in [0.4, 0.5) is 10.2 Å². The molecule has 0 bridgehead atoms. The van der Waals surface area contributed by atoms with Gasteiger partial charge in [0, 0.05) is 16.2 Å². The van der Waals surface area contributed by atoms with E-state index in [0.717, 1.165) is 10.9 Å². The molecule has 1 aromatic carbocycles. The first-order chi connectivity index (χ1) is 9.70. The summed E-state index contributed by atoms with van der Waals surface area (Å²) >= 11 is 5.61. The molecule has 2 rings (SSSR count). The van der Waals surface area contributed by atoms with Gasteiger partial charge in [0.15, 0.2) is 0 Å². The maximum absolute atomic E-state index is 13.7. The van der Waals surface area contributed by atoms with Gasteiger partial charge in [0.25, 0.3) is 9.05 Å². The Morgan fingerprint density at radius 1 is 1.43 bits per heavy atom. The van der Waals surface area contributed by atoms with Crippen LogP contribution in [0, 0.1) is 15.9 Å². The summed E-state index contributed by atoms with van der Waals surface area (Å²) in [4.78, 5) is 9.03. The van der Waals surface area contributed by atoms with E-state index in [1.807, 2.05) is 0 Å². The van der Waals surface area contributed by atoms with Crippen molar-refractivity contribution in [1.29, 1.82) is 0 Å². The molecule has 0 aliphatic rings. The van der Waals surface area contributed by atoms with Gasteiger partial charge in [-0.15, -0.1) is 0 Å². The lowest BCUT2D eigenvalue weighted by atomic mass is 10.2. The maximum atomic E-state index is 13.7. The van der Waals surface area contributed by atoms with Gasteiger partial charge in [-0.05, 0) is 11.0 Å². The summed E-state index contributed by atoms with van der Waals surface area (Å²) in [5.74, 6) is -1.64. The largest absolute Gasteiger partial charge is 0.410 e. The van der Waals surface area contributed by atoms with Gasteiger partial charge >= 0.3 is 5.82 Å². The molecule has 1 aromatic heterocycles. The van der Waals surface area contributed by atoms with E-state index in [-0.39, 0.29) is 17.1 Å². The molecule has 0 saturated heterocycles. The van der Waals surface area contributed by atoms with Crippen molar-refractivity contribution < 1.29 is 17.7 Å². The Balaban J connectivity index is 2.47. The first-order valence-electron chi connectivity index (χ1n) is 5.29. The van der Waals surface area contributed by atoms with Crippen LogP contribution in [0.2, 0.25) is 5.02 Å². The Bertz CT molecular complexity index is 822. The molecule has 0 atom stereocenters. The van der Waals surface area contributed by atoms with Crippen molar-refractivity contribution in [3.8, 4) is 0 Å². The minimum Gasteiger partial charge on any atom is -0.358 e. The van der Waals surface area contributed by atoms with Gasteiger partial charge in [0.2, 0.25) is 4.90 Å². The van der Waals surface area contributed by atoms with E-state index in [0.29, 0.717) is 0 Å². The minimum atomic E-state index is -4.34. The molecule has 0 fully saturated rings. The van der Waals surface area contributed by atoms with Crippen LogP contribution in [-0.4, -0.2) is 23.1 Å². The second kappa shape index (κ2) is 5.58. The summed E-state index contributed by atoms with van der Waals surface area (Å²) in [5.41, 5.74) is 0.0958. The third kappa shape index (κ3) is 3.31. The van der Waals surface area contributed by atoms with Gasteiger partial charge in [-0.2, -0.15) is 4.68 Å². The second-order valence-corrected chi connectivity index (χ2v) is 6.86. The third-order valence-electron chi connectivity index (χ3n) is 2.51. The number of benzene rings is 1. The summed E-state index contributed by atoms with van der Waals surface area (Å²) in [6.07, 6.45) is 0.862. The van der Waals surface area contributed by atoms with Gasteiger partial charge < -0.3 is 10.1 Å². The molecule has 1 heterocycles. The minimum absolute atomic E-state index is 0.0958. The molecule has 0 radical (unpaired) electrons. The van der Waals surface area contributed by atoms with Crippen molar-refractivity contribution in [3.05, 3.63) is 50.9 Å². The van der Waals surface area contributed by atoms with Crippen LogP contribution in [0.5, 0.6) is 0 Å². The predicted molar refractivity (Wildman–Crippen MR) is 72.4 cm³/mol. The Kier molecular flexibility index (Phi) is 4.17. The summed E-state index contributed by atoms with van der Waals surface area (Å²) in [5, 5.41) is 14.1. The summed E-state index contributed by atoms with van der Waals surface area (Å²) in [6, 6.07) is 4.21. The summed E-state index contributed by atoms with van der Waals surface area (Å²) < 4.78 is 37.2. The first-order valence-corrected chi connectivity index (χ1v) is 7.98. The topological polar surface area (TPSA) is 95.1 Å². The molecular weight excluding hydrogens is 348 g/mol. The molecule has 21 heavy (non-hydrogen) atoms. The zero-order valence-electron chi connectivity index (χ0n) is 10.0. The van der Waals surface area contributed by atoms with Crippen molar-refractivity contribution in [2.24, 2.45) is 0 Å². The highest BCUT2D eigenvalue weighted by Crippen LogP contribution is 2.26. The van der Waals surface area contributed by atoms with Crippen molar-refractivity contribution in [3.63, 3.8) is 0 Å². The standard InChI is InChI=1S/C10H6Cl2FN3O4S/c11-7-3-1-2-6(9(7)13)4-15-5-8(21(12,19)20)10(14-15)16(17)18/h1-3,5H,4H2.